The van der Waals surface area contributed by atoms with Crippen LogP contribution < -0.4 is 5.32 Å². The van der Waals surface area contributed by atoms with Crippen molar-refractivity contribution in [1.82, 2.24) is 15.2 Å². The molecule has 1 unspecified atom stereocenters. The Morgan fingerprint density at radius 3 is 2.92 bits per heavy atom. The molecule has 0 bridgehead atoms. The topological polar surface area (TPSA) is 45.2 Å². The summed E-state index contributed by atoms with van der Waals surface area (Å²) in [6.07, 6.45) is 11.0. The van der Waals surface area contributed by atoms with E-state index in [9.17, 15) is 4.79 Å². The molecule has 0 saturated heterocycles. The van der Waals surface area contributed by atoms with Gasteiger partial charge in [0.15, 0.2) is 0 Å². The monoisotopic (exact) mass is 353 g/mol. The first kappa shape index (κ1) is 18.8. The van der Waals surface area contributed by atoms with Gasteiger partial charge in [0.05, 0.1) is 6.42 Å². The van der Waals surface area contributed by atoms with Gasteiger partial charge in [-0.3, -0.25) is 9.78 Å². The van der Waals surface area contributed by atoms with Crippen LogP contribution in [0.4, 0.5) is 0 Å². The second-order valence-electron chi connectivity index (χ2n) is 7.90. The zero-order valence-corrected chi connectivity index (χ0v) is 16.1. The zero-order valence-electron chi connectivity index (χ0n) is 16.1. The Hall–Kier alpha value is -1.94. The van der Waals surface area contributed by atoms with Crippen LogP contribution in [0.25, 0.3) is 10.8 Å². The average molecular weight is 354 g/mol. The molecule has 4 nitrogen and oxygen atoms in total. The molecule has 26 heavy (non-hydrogen) atoms. The van der Waals surface area contributed by atoms with Crippen LogP contribution in [0.15, 0.2) is 36.7 Å². The Bertz CT molecular complexity index is 726. The summed E-state index contributed by atoms with van der Waals surface area (Å²) in [6, 6.07) is 8.28. The number of likely N-dealkylation sites (N-methyl/N-ethyl adjacent to an activating group) is 1. The maximum absolute atomic E-state index is 12.3. The van der Waals surface area contributed by atoms with E-state index >= 15 is 0 Å². The SMILES string of the molecule is CC(CN(C)CCCC1CCC1)NC(=O)Cc1ccc2cnccc2c1. The average Bonchev–Trinajstić information content (AvgIpc) is 2.56. The number of amides is 1. The van der Waals surface area contributed by atoms with Crippen LogP contribution in [0, 0.1) is 5.92 Å². The van der Waals surface area contributed by atoms with E-state index < -0.39 is 0 Å². The highest BCUT2D eigenvalue weighted by atomic mass is 16.1. The minimum atomic E-state index is 0.0915. The molecule has 1 N–H and O–H groups in total. The van der Waals surface area contributed by atoms with Gasteiger partial charge >= 0.3 is 0 Å². The number of carbonyl (C=O) groups excluding carboxylic acids is 1. The van der Waals surface area contributed by atoms with E-state index in [0.717, 1.165) is 35.3 Å². The van der Waals surface area contributed by atoms with Crippen molar-refractivity contribution in [2.45, 2.75) is 51.5 Å². The van der Waals surface area contributed by atoms with E-state index in [0.29, 0.717) is 6.42 Å². The van der Waals surface area contributed by atoms with Crippen molar-refractivity contribution in [2.24, 2.45) is 5.92 Å². The molecule has 1 aromatic heterocycles. The van der Waals surface area contributed by atoms with Crippen LogP contribution in [-0.2, 0) is 11.2 Å². The lowest BCUT2D eigenvalue weighted by atomic mass is 9.82. The standard InChI is InChI=1S/C22H31N3O/c1-17(16-25(2)12-4-7-18-5-3-6-18)24-22(26)14-19-8-9-21-15-23-11-10-20(21)13-19/h8-11,13,15,17-18H,3-7,12,14,16H2,1-2H3,(H,24,26). The van der Waals surface area contributed by atoms with Gasteiger partial charge in [0.1, 0.15) is 0 Å². The zero-order chi connectivity index (χ0) is 18.4. The van der Waals surface area contributed by atoms with Crippen molar-refractivity contribution in [3.8, 4) is 0 Å². The Balaban J connectivity index is 1.39. The first-order valence-corrected chi connectivity index (χ1v) is 9.91. The number of hydrogen-bond acceptors (Lipinski definition) is 3. The number of pyridine rings is 1. The van der Waals surface area contributed by atoms with E-state index in [1.54, 1.807) is 6.20 Å². The maximum Gasteiger partial charge on any atom is 0.224 e. The maximum atomic E-state index is 12.3. The Labute approximate surface area is 157 Å². The number of nitrogens with one attached hydrogen (secondary N) is 1. The van der Waals surface area contributed by atoms with Gasteiger partial charge in [-0.25, -0.2) is 0 Å². The summed E-state index contributed by atoms with van der Waals surface area (Å²) in [7, 11) is 2.15. The molecule has 2 aromatic rings. The van der Waals surface area contributed by atoms with Crippen molar-refractivity contribution >= 4 is 16.7 Å². The number of hydrogen-bond donors (Lipinski definition) is 1. The lowest BCUT2D eigenvalue weighted by molar-refractivity contribution is -0.121. The first-order valence-electron chi connectivity index (χ1n) is 9.91. The molecule has 1 aromatic carbocycles. The number of nitrogens with zero attached hydrogens (tertiary/aromatic N) is 2. The summed E-state index contributed by atoms with van der Waals surface area (Å²) in [4.78, 5) is 18.8. The number of benzene rings is 1. The Morgan fingerprint density at radius 1 is 1.31 bits per heavy atom. The molecule has 1 heterocycles. The summed E-state index contributed by atoms with van der Waals surface area (Å²) in [5.41, 5.74) is 1.04. The van der Waals surface area contributed by atoms with Crippen molar-refractivity contribution in [3.63, 3.8) is 0 Å². The van der Waals surface area contributed by atoms with E-state index in [1.165, 1.54) is 32.1 Å². The van der Waals surface area contributed by atoms with Crippen LogP contribution in [0.5, 0.6) is 0 Å². The van der Waals surface area contributed by atoms with Gasteiger partial charge in [0.2, 0.25) is 5.91 Å². The number of aromatic nitrogens is 1. The number of fused-ring (bicyclic) bond motifs is 1. The fourth-order valence-corrected chi connectivity index (χ4v) is 3.79. The largest absolute Gasteiger partial charge is 0.352 e. The second kappa shape index (κ2) is 9.13. The molecule has 0 aliphatic heterocycles. The van der Waals surface area contributed by atoms with Crippen LogP contribution in [0.2, 0.25) is 0 Å². The molecule has 0 radical (unpaired) electrons. The van der Waals surface area contributed by atoms with E-state index in [1.807, 2.05) is 24.4 Å². The van der Waals surface area contributed by atoms with Gasteiger partial charge in [-0.2, -0.15) is 0 Å². The molecule has 140 valence electrons. The van der Waals surface area contributed by atoms with Gasteiger partial charge < -0.3 is 10.2 Å². The Morgan fingerprint density at radius 2 is 2.15 bits per heavy atom. The molecular weight excluding hydrogens is 322 g/mol. The van der Waals surface area contributed by atoms with Crippen molar-refractivity contribution in [2.75, 3.05) is 20.1 Å². The van der Waals surface area contributed by atoms with Crippen molar-refractivity contribution in [3.05, 3.63) is 42.2 Å². The number of rotatable bonds is 9. The highest BCUT2D eigenvalue weighted by Crippen LogP contribution is 2.30. The third-order valence-corrected chi connectivity index (χ3v) is 5.44. The molecule has 1 atom stereocenters. The second-order valence-corrected chi connectivity index (χ2v) is 7.90. The highest BCUT2D eigenvalue weighted by molar-refractivity contribution is 5.84. The molecule has 0 spiro atoms. The van der Waals surface area contributed by atoms with Gasteiger partial charge in [-0.1, -0.05) is 37.5 Å². The Kier molecular flexibility index (Phi) is 6.62. The van der Waals surface area contributed by atoms with Crippen LogP contribution in [-0.4, -0.2) is 42.0 Å². The normalized spacial score (nSPS) is 15.8. The van der Waals surface area contributed by atoms with E-state index in [-0.39, 0.29) is 11.9 Å². The van der Waals surface area contributed by atoms with Gasteiger partial charge in [0.25, 0.3) is 0 Å². The first-order chi connectivity index (χ1) is 12.6. The smallest absolute Gasteiger partial charge is 0.224 e. The summed E-state index contributed by atoms with van der Waals surface area (Å²) >= 11 is 0. The molecule has 1 fully saturated rings. The quantitative estimate of drug-likeness (QED) is 0.746. The van der Waals surface area contributed by atoms with Gasteiger partial charge in [-0.15, -0.1) is 0 Å². The fraction of sp³-hybridized carbons (Fsp3) is 0.545. The predicted octanol–water partition coefficient (Wildman–Crippen LogP) is 3.79. The van der Waals surface area contributed by atoms with Gasteiger partial charge in [0, 0.05) is 30.4 Å². The van der Waals surface area contributed by atoms with E-state index in [2.05, 4.69) is 35.2 Å². The van der Waals surface area contributed by atoms with E-state index in [4.69, 9.17) is 0 Å². The minimum absolute atomic E-state index is 0.0915. The minimum Gasteiger partial charge on any atom is -0.352 e. The third kappa shape index (κ3) is 5.53. The van der Waals surface area contributed by atoms with Crippen LogP contribution >= 0.6 is 0 Å². The van der Waals surface area contributed by atoms with Crippen molar-refractivity contribution in [1.29, 1.82) is 0 Å². The fourth-order valence-electron chi connectivity index (χ4n) is 3.79. The molecule has 1 aliphatic rings. The molecular formula is C22H31N3O. The lowest BCUT2D eigenvalue weighted by Crippen LogP contribution is -2.41. The lowest BCUT2D eigenvalue weighted by Gasteiger charge is -2.27. The third-order valence-electron chi connectivity index (χ3n) is 5.44. The van der Waals surface area contributed by atoms with Gasteiger partial charge in [-0.05, 0) is 56.3 Å². The van der Waals surface area contributed by atoms with Crippen LogP contribution in [0.3, 0.4) is 0 Å². The summed E-state index contributed by atoms with van der Waals surface area (Å²) < 4.78 is 0. The summed E-state index contributed by atoms with van der Waals surface area (Å²) in [5, 5.41) is 5.37. The number of carbonyl (C=O) groups is 1. The molecule has 4 heteroatoms. The molecule has 1 amide bonds. The predicted molar refractivity (Wildman–Crippen MR) is 107 cm³/mol. The summed E-state index contributed by atoms with van der Waals surface area (Å²) in [5.74, 6) is 1.08. The van der Waals surface area contributed by atoms with Crippen LogP contribution in [0.1, 0.15) is 44.6 Å². The molecule has 3 rings (SSSR count). The summed E-state index contributed by atoms with van der Waals surface area (Å²) in [6.45, 7) is 4.11. The highest BCUT2D eigenvalue weighted by Gasteiger charge is 2.17. The molecule has 1 aliphatic carbocycles. The molecule has 1 saturated carbocycles. The van der Waals surface area contributed by atoms with Crippen molar-refractivity contribution < 1.29 is 4.79 Å².